The summed E-state index contributed by atoms with van der Waals surface area (Å²) in [5.74, 6) is 9.78. The summed E-state index contributed by atoms with van der Waals surface area (Å²) in [6.07, 6.45) is -1.94. The predicted molar refractivity (Wildman–Crippen MR) is 403 cm³/mol. The van der Waals surface area contributed by atoms with Gasteiger partial charge in [-0.3, -0.25) is 0 Å². The van der Waals surface area contributed by atoms with Crippen LogP contribution in [0.2, 0.25) is 0 Å². The number of benzene rings is 7. The van der Waals surface area contributed by atoms with Crippen LogP contribution in [-0.2, 0) is 23.7 Å². The van der Waals surface area contributed by atoms with E-state index >= 15 is 0 Å². The zero-order valence-electron chi connectivity index (χ0n) is 59.3. The minimum Gasteiger partial charge on any atom is -0.488 e. The van der Waals surface area contributed by atoms with Crippen LogP contribution in [-0.4, -0.2) is 148 Å². The monoisotopic (exact) mass is 1550 g/mol. The van der Waals surface area contributed by atoms with E-state index in [-0.39, 0.29) is 122 Å². The first-order valence-electron chi connectivity index (χ1n) is 35.2. The second-order valence-electron chi connectivity index (χ2n) is 26.9. The molecule has 0 aliphatic carbocycles. The molecule has 22 nitrogen and oxygen atoms in total. The standard InChI is InChI=1S/2C12H12BrNO2.C12H13NO3.2C12H13NO2.2C10H13NO2/c2*1-7-14-11-8-4-2-3-5-9(8)16-10(6-13)12(11)15-7;1-7-13-11-8-4-2-3-5-9(8)16-10(6-14)12(11)15-7;2*1-7-12-11(13-8(2)15-12)9-5-3-4-6-10(9)14-7;2*1-6-10(12)9(11)7-4-2-3-5-8(7)13-6/h2*2-5,10-12H,6H2,1H3;2-5,10-12,14H,6H2,1H3;2*3-7,11-12H,1-2H3;2*2-6,9-10,12H,11H2,1H3. The van der Waals surface area contributed by atoms with Gasteiger partial charge in [-0.15, -0.1) is 0 Å². The number of aliphatic hydroxyl groups excluding tert-OH is 3. The van der Waals surface area contributed by atoms with Crippen LogP contribution in [0.4, 0.5) is 0 Å². The average Bonchev–Trinajstić information content (AvgIpc) is 1.61. The van der Waals surface area contributed by atoms with Gasteiger partial charge in [0.25, 0.3) is 0 Å². The molecule has 0 amide bonds. The zero-order valence-corrected chi connectivity index (χ0v) is 62.5. The van der Waals surface area contributed by atoms with Crippen molar-refractivity contribution in [1.29, 1.82) is 0 Å². The highest BCUT2D eigenvalue weighted by Gasteiger charge is 2.47. The average molecular weight is 1550 g/mol. The molecule has 7 aromatic carbocycles. The molecule has 548 valence electrons. The van der Waals surface area contributed by atoms with Crippen molar-refractivity contribution in [3.8, 4) is 40.2 Å². The summed E-state index contributed by atoms with van der Waals surface area (Å²) in [6, 6.07) is 54.8. The number of hydrogen-bond donors (Lipinski definition) is 5. The fraction of sp³-hybridized carbons (Fsp3) is 0.412. The summed E-state index contributed by atoms with van der Waals surface area (Å²) < 4.78 is 68.4. The van der Waals surface area contributed by atoms with Crippen LogP contribution in [0.5, 0.6) is 40.2 Å². The van der Waals surface area contributed by atoms with Gasteiger partial charge in [0.1, 0.15) is 119 Å². The van der Waals surface area contributed by atoms with Crippen molar-refractivity contribution < 1.29 is 72.2 Å². The summed E-state index contributed by atoms with van der Waals surface area (Å²) in [5.41, 5.74) is 19.0. The summed E-state index contributed by atoms with van der Waals surface area (Å²) >= 11 is 6.93. The Morgan fingerprint density at radius 1 is 0.298 bits per heavy atom. The molecule has 0 fully saturated rings. The molecule has 7 aromatic rings. The molecule has 7 N–H and O–H groups in total. The lowest BCUT2D eigenvalue weighted by Crippen LogP contribution is -2.42. The Morgan fingerprint density at radius 2 is 0.510 bits per heavy atom. The SMILES string of the molecule is CC1=NC2c3ccccc3OC(C)C2O1.CC1=NC2c3ccccc3OC(C)C2O1.CC1=NC2c3ccccc3OC(CBr)C2O1.CC1=NC2c3ccccc3OC(CBr)C2O1.CC1=NC2c3ccccc3OC(CO)C2O1.CC1Oc2ccccc2C(N)C1O.CC1Oc2ccccc2C(N)C1O. The largest absolute Gasteiger partial charge is 0.488 e. The molecule has 12 aliphatic heterocycles. The van der Waals surface area contributed by atoms with Crippen molar-refractivity contribution in [2.45, 2.75) is 190 Å². The lowest BCUT2D eigenvalue weighted by Gasteiger charge is -2.32. The van der Waals surface area contributed by atoms with Crippen molar-refractivity contribution in [3.63, 3.8) is 0 Å². The molecular formula is C80H89Br2N7O15. The lowest BCUT2D eigenvalue weighted by molar-refractivity contribution is -0.00459. The van der Waals surface area contributed by atoms with Gasteiger partial charge in [-0.1, -0.05) is 159 Å². The number of nitrogens with zero attached hydrogens (tertiary/aromatic N) is 5. The number of nitrogens with two attached hydrogens (primary N) is 2. The van der Waals surface area contributed by atoms with Crippen molar-refractivity contribution in [3.05, 3.63) is 209 Å². The Bertz CT molecular complexity index is 3990. The number of rotatable bonds is 3. The third-order valence-electron chi connectivity index (χ3n) is 19.7. The van der Waals surface area contributed by atoms with Crippen LogP contribution in [0.25, 0.3) is 0 Å². The van der Waals surface area contributed by atoms with E-state index in [0.717, 1.165) is 113 Å². The Labute approximate surface area is 622 Å². The minimum atomic E-state index is -0.616. The second-order valence-corrected chi connectivity index (χ2v) is 28.2. The Kier molecular flexibility index (Phi) is 22.9. The van der Waals surface area contributed by atoms with Crippen molar-refractivity contribution in [2.24, 2.45) is 36.4 Å². The third kappa shape index (κ3) is 15.5. The molecule has 12 heterocycles. The van der Waals surface area contributed by atoms with Gasteiger partial charge < -0.3 is 83.6 Å². The molecule has 0 aromatic heterocycles. The number of aliphatic hydroxyl groups is 3. The lowest BCUT2D eigenvalue weighted by atomic mass is 9.95. The number of para-hydroxylation sites is 7. The number of fused-ring (bicyclic) bond motifs is 17. The van der Waals surface area contributed by atoms with Gasteiger partial charge >= 0.3 is 0 Å². The van der Waals surface area contributed by atoms with E-state index in [2.05, 4.69) is 81.1 Å². The number of alkyl halides is 2. The smallest absolute Gasteiger partial charge is 0.181 e. The van der Waals surface area contributed by atoms with Gasteiger partial charge in [0.15, 0.2) is 66.1 Å². The molecule has 21 atom stereocenters. The maximum absolute atomic E-state index is 9.64. The van der Waals surface area contributed by atoms with Crippen LogP contribution < -0.4 is 44.6 Å². The summed E-state index contributed by atoms with van der Waals surface area (Å²) in [6.45, 7) is 17.1. The number of hydrogen-bond acceptors (Lipinski definition) is 22. The topological polar surface area (TPSA) is 285 Å². The Balaban J connectivity index is 0.000000108. The molecule has 19 rings (SSSR count). The number of ether oxygens (including phenoxy) is 12. The Morgan fingerprint density at radius 3 is 0.788 bits per heavy atom. The molecule has 0 radical (unpaired) electrons. The Hall–Kier alpha value is -8.75. The highest BCUT2D eigenvalue weighted by molar-refractivity contribution is 9.09. The fourth-order valence-electron chi connectivity index (χ4n) is 14.6. The van der Waals surface area contributed by atoms with Crippen molar-refractivity contribution >= 4 is 61.3 Å². The quantitative estimate of drug-likeness (QED) is 0.103. The zero-order chi connectivity index (χ0) is 73.0. The molecule has 104 heavy (non-hydrogen) atoms. The molecule has 0 saturated heterocycles. The number of halogens is 2. The molecule has 0 saturated carbocycles. The van der Waals surface area contributed by atoms with Gasteiger partial charge in [-0.2, -0.15) is 0 Å². The summed E-state index contributed by atoms with van der Waals surface area (Å²) in [4.78, 5) is 22.6. The molecule has 24 heteroatoms. The van der Waals surface area contributed by atoms with Crippen LogP contribution in [0.1, 0.15) is 144 Å². The second kappa shape index (κ2) is 32.3. The molecule has 12 aliphatic rings. The maximum atomic E-state index is 9.64. The molecule has 0 spiro atoms. The third-order valence-corrected chi connectivity index (χ3v) is 21.0. The van der Waals surface area contributed by atoms with E-state index in [1.54, 1.807) is 0 Å². The van der Waals surface area contributed by atoms with Crippen molar-refractivity contribution in [2.75, 3.05) is 17.3 Å². The highest BCUT2D eigenvalue weighted by Crippen LogP contribution is 2.47. The van der Waals surface area contributed by atoms with Gasteiger partial charge in [-0.25, -0.2) is 25.0 Å². The van der Waals surface area contributed by atoms with E-state index in [9.17, 15) is 15.3 Å². The first-order chi connectivity index (χ1) is 50.3. The minimum absolute atomic E-state index is 0.00859. The van der Waals surface area contributed by atoms with E-state index in [1.165, 1.54) is 0 Å². The summed E-state index contributed by atoms with van der Waals surface area (Å²) in [7, 11) is 0. The van der Waals surface area contributed by atoms with Gasteiger partial charge in [0.2, 0.25) is 0 Å². The molecule has 21 unspecified atom stereocenters. The predicted octanol–water partition coefficient (Wildman–Crippen LogP) is 13.0. The first kappa shape index (κ1) is 73.6. The van der Waals surface area contributed by atoms with E-state index < -0.39 is 12.2 Å². The maximum Gasteiger partial charge on any atom is 0.181 e. The number of aliphatic imine (C=N–C) groups is 5. The van der Waals surface area contributed by atoms with Crippen LogP contribution in [0, 0.1) is 0 Å². The van der Waals surface area contributed by atoms with Gasteiger partial charge in [-0.05, 0) is 70.2 Å². The molecular weight excluding hydrogens is 1460 g/mol. The van der Waals surface area contributed by atoms with Gasteiger partial charge in [0.05, 0.1) is 18.7 Å². The normalized spacial score (nSPS) is 31.5. The van der Waals surface area contributed by atoms with Crippen LogP contribution in [0.3, 0.4) is 0 Å². The first-order valence-corrected chi connectivity index (χ1v) is 37.5. The highest BCUT2D eigenvalue weighted by atomic mass is 79.9. The van der Waals surface area contributed by atoms with Crippen LogP contribution >= 0.6 is 31.9 Å². The van der Waals surface area contributed by atoms with Gasteiger partial charge in [0, 0.05) is 84.2 Å². The fourth-order valence-corrected chi connectivity index (χ4v) is 15.6. The van der Waals surface area contributed by atoms with Crippen molar-refractivity contribution in [1.82, 2.24) is 0 Å². The summed E-state index contributed by atoms with van der Waals surface area (Å²) in [5, 5.41) is 30.1. The molecule has 0 bridgehead atoms. The van der Waals surface area contributed by atoms with E-state index in [0.29, 0.717) is 5.90 Å². The van der Waals surface area contributed by atoms with E-state index in [1.807, 2.05) is 208 Å². The van der Waals surface area contributed by atoms with E-state index in [4.69, 9.17) is 68.3 Å². The van der Waals surface area contributed by atoms with Crippen LogP contribution in [0.15, 0.2) is 195 Å².